The summed E-state index contributed by atoms with van der Waals surface area (Å²) in [6.07, 6.45) is -0.145. The SMILES string of the molecule is Cc1ccc(OC(C)C(=O)N(C)CCCC(=O)O)c(Br)c1. The van der Waals surface area contributed by atoms with Gasteiger partial charge in [0.05, 0.1) is 4.47 Å². The molecule has 0 spiro atoms. The number of aryl methyl sites for hydroxylation is 1. The highest BCUT2D eigenvalue weighted by atomic mass is 79.9. The quantitative estimate of drug-likeness (QED) is 0.814. The predicted molar refractivity (Wildman–Crippen MR) is 83.5 cm³/mol. The van der Waals surface area contributed by atoms with Crippen LogP contribution in [0.15, 0.2) is 22.7 Å². The first-order valence-electron chi connectivity index (χ1n) is 6.71. The minimum Gasteiger partial charge on any atom is -0.481 e. The Morgan fingerprint density at radius 2 is 2.10 bits per heavy atom. The van der Waals surface area contributed by atoms with Crippen LogP contribution >= 0.6 is 15.9 Å². The van der Waals surface area contributed by atoms with Crippen LogP contribution in [0.25, 0.3) is 0 Å². The second-order valence-corrected chi connectivity index (χ2v) is 5.81. The third kappa shape index (κ3) is 5.75. The maximum Gasteiger partial charge on any atom is 0.303 e. The van der Waals surface area contributed by atoms with Crippen molar-refractivity contribution >= 4 is 27.8 Å². The van der Waals surface area contributed by atoms with Gasteiger partial charge in [-0.3, -0.25) is 9.59 Å². The number of aliphatic carboxylic acids is 1. The molecule has 0 radical (unpaired) electrons. The molecule has 1 atom stereocenters. The molecule has 1 aromatic rings. The Kier molecular flexibility index (Phi) is 6.68. The molecule has 0 saturated heterocycles. The zero-order valence-electron chi connectivity index (χ0n) is 12.4. The van der Waals surface area contributed by atoms with Crippen molar-refractivity contribution in [2.75, 3.05) is 13.6 Å². The average Bonchev–Trinajstić information content (AvgIpc) is 2.40. The van der Waals surface area contributed by atoms with Crippen LogP contribution < -0.4 is 4.74 Å². The highest BCUT2D eigenvalue weighted by molar-refractivity contribution is 9.10. The molecule has 21 heavy (non-hydrogen) atoms. The second-order valence-electron chi connectivity index (χ2n) is 4.95. The lowest BCUT2D eigenvalue weighted by atomic mass is 10.2. The molecule has 0 aliphatic heterocycles. The molecule has 5 nitrogen and oxygen atoms in total. The van der Waals surface area contributed by atoms with Crippen molar-refractivity contribution in [3.8, 4) is 5.75 Å². The molecule has 1 rings (SSSR count). The van der Waals surface area contributed by atoms with Crippen molar-refractivity contribution in [3.05, 3.63) is 28.2 Å². The number of benzene rings is 1. The summed E-state index contributed by atoms with van der Waals surface area (Å²) in [5.41, 5.74) is 1.10. The summed E-state index contributed by atoms with van der Waals surface area (Å²) in [4.78, 5) is 24.1. The van der Waals surface area contributed by atoms with Crippen molar-refractivity contribution < 1.29 is 19.4 Å². The van der Waals surface area contributed by atoms with Crippen molar-refractivity contribution in [3.63, 3.8) is 0 Å². The largest absolute Gasteiger partial charge is 0.481 e. The monoisotopic (exact) mass is 357 g/mol. The molecule has 1 N–H and O–H groups in total. The van der Waals surface area contributed by atoms with Gasteiger partial charge >= 0.3 is 5.97 Å². The van der Waals surface area contributed by atoms with E-state index in [4.69, 9.17) is 9.84 Å². The van der Waals surface area contributed by atoms with E-state index < -0.39 is 12.1 Å². The van der Waals surface area contributed by atoms with Crippen LogP contribution in [0.1, 0.15) is 25.3 Å². The first kappa shape index (κ1) is 17.5. The Bertz CT molecular complexity index is 518. The molecule has 0 saturated carbocycles. The number of ether oxygens (including phenoxy) is 1. The summed E-state index contributed by atoms with van der Waals surface area (Å²) in [5.74, 6) is -0.419. The molecule has 0 fully saturated rings. The molecule has 0 aliphatic rings. The molecular weight excluding hydrogens is 338 g/mol. The number of carboxylic acids is 1. The Morgan fingerprint density at radius 3 is 2.67 bits per heavy atom. The van der Waals surface area contributed by atoms with Crippen LogP contribution in [0, 0.1) is 6.92 Å². The van der Waals surface area contributed by atoms with Gasteiger partial charge in [0, 0.05) is 20.0 Å². The van der Waals surface area contributed by atoms with Gasteiger partial charge < -0.3 is 14.7 Å². The van der Waals surface area contributed by atoms with Crippen molar-refractivity contribution in [1.82, 2.24) is 4.90 Å². The van der Waals surface area contributed by atoms with Gasteiger partial charge in [0.2, 0.25) is 0 Å². The Labute approximate surface area is 133 Å². The molecule has 0 aliphatic carbocycles. The topological polar surface area (TPSA) is 66.8 Å². The first-order valence-corrected chi connectivity index (χ1v) is 7.50. The predicted octanol–water partition coefficient (Wildman–Crippen LogP) is 2.85. The van der Waals surface area contributed by atoms with Crippen LogP contribution in [0.4, 0.5) is 0 Å². The van der Waals surface area contributed by atoms with Gasteiger partial charge in [0.15, 0.2) is 6.10 Å². The molecule has 0 heterocycles. The average molecular weight is 358 g/mol. The minimum absolute atomic E-state index is 0.0520. The second kappa shape index (κ2) is 8.02. The molecule has 1 aromatic carbocycles. The van der Waals surface area contributed by atoms with Crippen LogP contribution in [-0.2, 0) is 9.59 Å². The van der Waals surface area contributed by atoms with E-state index in [1.165, 1.54) is 4.90 Å². The van der Waals surface area contributed by atoms with Gasteiger partial charge in [0.25, 0.3) is 5.91 Å². The van der Waals surface area contributed by atoms with Gasteiger partial charge in [-0.2, -0.15) is 0 Å². The van der Waals surface area contributed by atoms with Crippen LogP contribution in [0.2, 0.25) is 0 Å². The van der Waals surface area contributed by atoms with Crippen LogP contribution in [-0.4, -0.2) is 41.6 Å². The van der Waals surface area contributed by atoms with Gasteiger partial charge in [-0.25, -0.2) is 0 Å². The summed E-state index contributed by atoms with van der Waals surface area (Å²) in [5, 5.41) is 8.59. The molecule has 1 amide bonds. The highest BCUT2D eigenvalue weighted by Crippen LogP contribution is 2.26. The van der Waals surface area contributed by atoms with E-state index in [1.54, 1.807) is 14.0 Å². The smallest absolute Gasteiger partial charge is 0.303 e. The number of carboxylic acid groups (broad SMARTS) is 1. The Morgan fingerprint density at radius 1 is 1.43 bits per heavy atom. The fraction of sp³-hybridized carbons (Fsp3) is 0.467. The summed E-state index contributed by atoms with van der Waals surface area (Å²) < 4.78 is 6.46. The van der Waals surface area contributed by atoms with E-state index in [0.717, 1.165) is 10.0 Å². The maximum atomic E-state index is 12.1. The number of rotatable bonds is 7. The van der Waals surface area contributed by atoms with Crippen LogP contribution in [0.3, 0.4) is 0 Å². The van der Waals surface area contributed by atoms with E-state index in [2.05, 4.69) is 15.9 Å². The van der Waals surface area contributed by atoms with Gasteiger partial charge in [0.1, 0.15) is 5.75 Å². The zero-order chi connectivity index (χ0) is 16.0. The number of likely N-dealkylation sites (N-methyl/N-ethyl adjacent to an activating group) is 1. The molecule has 1 unspecified atom stereocenters. The van der Waals surface area contributed by atoms with Crippen molar-refractivity contribution in [2.24, 2.45) is 0 Å². The number of carbonyl (C=O) groups excluding carboxylic acids is 1. The number of nitrogens with zero attached hydrogens (tertiary/aromatic N) is 1. The minimum atomic E-state index is -0.858. The zero-order valence-corrected chi connectivity index (χ0v) is 14.0. The van der Waals surface area contributed by atoms with E-state index in [9.17, 15) is 9.59 Å². The van der Waals surface area contributed by atoms with Crippen molar-refractivity contribution in [2.45, 2.75) is 32.8 Å². The van der Waals surface area contributed by atoms with Gasteiger partial charge in [-0.15, -0.1) is 0 Å². The van der Waals surface area contributed by atoms with Crippen LogP contribution in [0.5, 0.6) is 5.75 Å². The third-order valence-corrected chi connectivity index (χ3v) is 3.62. The van der Waals surface area contributed by atoms with E-state index in [0.29, 0.717) is 18.7 Å². The Balaban J connectivity index is 2.55. The third-order valence-electron chi connectivity index (χ3n) is 3.00. The molecule has 6 heteroatoms. The molecule has 116 valence electrons. The lowest BCUT2D eigenvalue weighted by Gasteiger charge is -2.22. The highest BCUT2D eigenvalue weighted by Gasteiger charge is 2.20. The van der Waals surface area contributed by atoms with Gasteiger partial charge in [-0.1, -0.05) is 6.07 Å². The first-order chi connectivity index (χ1) is 9.81. The fourth-order valence-electron chi connectivity index (χ4n) is 1.83. The lowest BCUT2D eigenvalue weighted by molar-refractivity contribution is -0.139. The van der Waals surface area contributed by atoms with Gasteiger partial charge in [-0.05, 0) is 53.9 Å². The summed E-state index contributed by atoms with van der Waals surface area (Å²) >= 11 is 3.40. The van der Waals surface area contributed by atoms with E-state index in [-0.39, 0.29) is 12.3 Å². The fourth-order valence-corrected chi connectivity index (χ4v) is 2.42. The molecule has 0 bridgehead atoms. The van der Waals surface area contributed by atoms with E-state index >= 15 is 0 Å². The van der Waals surface area contributed by atoms with Crippen molar-refractivity contribution in [1.29, 1.82) is 0 Å². The summed E-state index contributed by atoms with van der Waals surface area (Å²) in [6, 6.07) is 5.64. The normalized spacial score (nSPS) is 11.8. The number of halogens is 1. The Hall–Kier alpha value is -1.56. The standard InChI is InChI=1S/C15H20BrNO4/c1-10-6-7-13(12(16)9-10)21-11(2)15(20)17(3)8-4-5-14(18)19/h6-7,9,11H,4-5,8H2,1-3H3,(H,18,19). The van der Waals surface area contributed by atoms with E-state index in [1.807, 2.05) is 25.1 Å². The summed E-state index contributed by atoms with van der Waals surface area (Å²) in [7, 11) is 1.65. The number of carbonyl (C=O) groups is 2. The number of amides is 1. The molecule has 0 aromatic heterocycles. The number of hydrogen-bond acceptors (Lipinski definition) is 3. The molecular formula is C15H20BrNO4. The number of hydrogen-bond donors (Lipinski definition) is 1. The summed E-state index contributed by atoms with van der Waals surface area (Å²) in [6.45, 7) is 4.05. The lowest BCUT2D eigenvalue weighted by Crippen LogP contribution is -2.38. The maximum absolute atomic E-state index is 12.1.